The number of aliphatic hydroxyl groups is 1. The van der Waals surface area contributed by atoms with Gasteiger partial charge in [0, 0.05) is 29.9 Å². The number of anilines is 2. The zero-order chi connectivity index (χ0) is 33.7. The van der Waals surface area contributed by atoms with Crippen LogP contribution in [0.2, 0.25) is 0 Å². The molecule has 0 bridgehead atoms. The Morgan fingerprint density at radius 1 is 1.07 bits per heavy atom. The summed E-state index contributed by atoms with van der Waals surface area (Å²) in [5.41, 5.74) is -0.590. The summed E-state index contributed by atoms with van der Waals surface area (Å²) in [6.07, 6.45) is 1.73. The number of hydrogen-bond acceptors (Lipinski definition) is 10. The molecule has 1 aliphatic carbocycles. The summed E-state index contributed by atoms with van der Waals surface area (Å²) < 4.78 is 56.4. The monoisotopic (exact) mass is 667 g/mol. The zero-order valence-corrected chi connectivity index (χ0v) is 27.1. The molecule has 13 nitrogen and oxygen atoms in total. The van der Waals surface area contributed by atoms with Gasteiger partial charge in [0.2, 0.25) is 10.0 Å². The fourth-order valence-electron chi connectivity index (χ4n) is 5.47. The first-order valence-electron chi connectivity index (χ1n) is 14.2. The minimum absolute atomic E-state index is 0.00616. The third-order valence-electron chi connectivity index (χ3n) is 7.75. The van der Waals surface area contributed by atoms with Crippen molar-refractivity contribution >= 4 is 54.5 Å². The summed E-state index contributed by atoms with van der Waals surface area (Å²) >= 11 is 0. The maximum Gasteiger partial charge on any atom is 0.286 e. The predicted molar refractivity (Wildman–Crippen MR) is 174 cm³/mol. The number of ketones is 1. The van der Waals surface area contributed by atoms with Crippen LogP contribution in [0.3, 0.4) is 0 Å². The van der Waals surface area contributed by atoms with Crippen LogP contribution in [-0.4, -0.2) is 44.7 Å². The number of Topliss-reactive ketones (excluding diaryl/α,β-unsaturated/α-hetero) is 1. The van der Waals surface area contributed by atoms with E-state index in [0.29, 0.717) is 23.1 Å². The minimum atomic E-state index is -4.46. The standard InChI is InChI=1S/C31H33N5O8S2/c1-30(2,3)15-16-31(32-18-19-9-12-21(13-10-19)36(39)40)23-8-6-5-7-22(23)27(37)26(28(31)38)29-33-24-14-11-20(34-45(4,41)42)17-25(24)46(43,44)35-29/h5-14,17,32,34,37H,15-16,18H2,1-4H3,(H,33,35). The van der Waals surface area contributed by atoms with E-state index in [4.69, 9.17) is 0 Å². The van der Waals surface area contributed by atoms with Crippen molar-refractivity contribution in [1.82, 2.24) is 5.32 Å². The second-order valence-corrected chi connectivity index (χ2v) is 15.8. The number of rotatable bonds is 9. The number of aliphatic hydroxyl groups excluding tert-OH is 1. The maximum atomic E-state index is 14.8. The highest BCUT2D eigenvalue weighted by molar-refractivity contribution is 7.92. The van der Waals surface area contributed by atoms with E-state index >= 15 is 0 Å². The Bertz CT molecular complexity index is 2030. The average Bonchev–Trinajstić information content (AvgIpc) is 2.96. The van der Waals surface area contributed by atoms with Crippen molar-refractivity contribution in [2.75, 3.05) is 16.3 Å². The van der Waals surface area contributed by atoms with E-state index in [1.54, 1.807) is 36.4 Å². The molecule has 15 heteroatoms. The van der Waals surface area contributed by atoms with Crippen molar-refractivity contribution in [2.45, 2.75) is 50.6 Å². The van der Waals surface area contributed by atoms with Gasteiger partial charge in [-0.05, 0) is 47.6 Å². The molecule has 46 heavy (non-hydrogen) atoms. The molecule has 0 saturated heterocycles. The lowest BCUT2D eigenvalue weighted by molar-refractivity contribution is -0.384. The minimum Gasteiger partial charge on any atom is -0.506 e. The summed E-state index contributed by atoms with van der Waals surface area (Å²) in [6.45, 7) is 6.18. The maximum absolute atomic E-state index is 14.8. The molecule has 0 saturated carbocycles. The van der Waals surface area contributed by atoms with E-state index in [1.807, 2.05) is 20.8 Å². The smallest absolute Gasteiger partial charge is 0.286 e. The molecular weight excluding hydrogens is 635 g/mol. The third-order valence-corrected chi connectivity index (χ3v) is 9.67. The quantitative estimate of drug-likeness (QED) is 0.181. The van der Waals surface area contributed by atoms with Gasteiger partial charge >= 0.3 is 0 Å². The average molecular weight is 668 g/mol. The molecule has 1 unspecified atom stereocenters. The predicted octanol–water partition coefficient (Wildman–Crippen LogP) is 4.84. The molecule has 0 aromatic heterocycles. The molecule has 242 valence electrons. The van der Waals surface area contributed by atoms with Crippen LogP contribution in [0, 0.1) is 15.5 Å². The number of carbonyl (C=O) groups excluding carboxylic acids is 1. The Balaban J connectivity index is 1.62. The van der Waals surface area contributed by atoms with Gasteiger partial charge in [-0.1, -0.05) is 57.2 Å². The number of nitrogens with zero attached hydrogens (tertiary/aromatic N) is 2. The van der Waals surface area contributed by atoms with Gasteiger partial charge in [-0.15, -0.1) is 4.40 Å². The Morgan fingerprint density at radius 2 is 1.74 bits per heavy atom. The van der Waals surface area contributed by atoms with Crippen LogP contribution >= 0.6 is 0 Å². The molecule has 0 fully saturated rings. The van der Waals surface area contributed by atoms with E-state index in [-0.39, 0.29) is 51.7 Å². The van der Waals surface area contributed by atoms with Gasteiger partial charge in [-0.25, -0.2) is 8.42 Å². The van der Waals surface area contributed by atoms with Crippen molar-refractivity contribution in [3.8, 4) is 0 Å². The number of non-ortho nitro benzene ring substituents is 1. The van der Waals surface area contributed by atoms with Crippen LogP contribution in [0.5, 0.6) is 0 Å². The lowest BCUT2D eigenvalue weighted by Gasteiger charge is -2.41. The van der Waals surface area contributed by atoms with Gasteiger partial charge in [0.25, 0.3) is 15.7 Å². The summed E-state index contributed by atoms with van der Waals surface area (Å²) in [4.78, 5) is 25.1. The van der Waals surface area contributed by atoms with Gasteiger partial charge in [0.1, 0.15) is 21.8 Å². The van der Waals surface area contributed by atoms with Crippen molar-refractivity contribution in [2.24, 2.45) is 9.81 Å². The lowest BCUT2D eigenvalue weighted by atomic mass is 9.69. The highest BCUT2D eigenvalue weighted by atomic mass is 32.2. The number of amidine groups is 1. The lowest BCUT2D eigenvalue weighted by Crippen LogP contribution is -2.53. The fourth-order valence-corrected chi connectivity index (χ4v) is 7.17. The van der Waals surface area contributed by atoms with Gasteiger partial charge < -0.3 is 10.4 Å². The van der Waals surface area contributed by atoms with Crippen LogP contribution in [0.15, 0.2) is 81.6 Å². The highest BCUT2D eigenvalue weighted by Gasteiger charge is 2.49. The van der Waals surface area contributed by atoms with Crippen LogP contribution in [-0.2, 0) is 36.9 Å². The van der Waals surface area contributed by atoms with Crippen molar-refractivity contribution in [3.05, 3.63) is 99.1 Å². The first kappa shape index (κ1) is 32.8. The van der Waals surface area contributed by atoms with E-state index < -0.39 is 42.1 Å². The molecular formula is C31H33N5O8S2. The van der Waals surface area contributed by atoms with E-state index in [2.05, 4.69) is 19.8 Å². The van der Waals surface area contributed by atoms with Crippen molar-refractivity contribution in [1.29, 1.82) is 0 Å². The van der Waals surface area contributed by atoms with Gasteiger partial charge in [-0.3, -0.25) is 24.9 Å². The number of fused-ring (bicyclic) bond motifs is 2. The SMILES string of the molecule is CC(C)(C)CCC1(NCc2ccc([N+](=O)[O-])cc2)C(=O)C(C2=NS(=O)(=O)c3cc(NS(C)(=O)=O)ccc3N2)=C(O)c2ccccc21. The number of carbonyl (C=O) groups is 1. The molecule has 1 aliphatic heterocycles. The molecule has 5 rings (SSSR count). The molecule has 1 atom stereocenters. The normalized spacial score (nSPS) is 19.0. The number of hydrogen-bond donors (Lipinski definition) is 4. The van der Waals surface area contributed by atoms with Gasteiger partial charge in [-0.2, -0.15) is 8.42 Å². The number of nitro groups is 1. The Labute approximate surface area is 266 Å². The number of benzene rings is 3. The second kappa shape index (κ2) is 11.6. The van der Waals surface area contributed by atoms with Crippen LogP contribution in [0.1, 0.15) is 50.3 Å². The summed E-state index contributed by atoms with van der Waals surface area (Å²) in [6, 6.07) is 16.5. The van der Waals surface area contributed by atoms with Gasteiger partial charge in [0.15, 0.2) is 11.6 Å². The number of nitro benzene ring substituents is 1. The summed E-state index contributed by atoms with van der Waals surface area (Å²) in [5.74, 6) is -1.45. The van der Waals surface area contributed by atoms with Crippen LogP contribution < -0.4 is 15.4 Å². The Kier molecular flexibility index (Phi) is 8.30. The third kappa shape index (κ3) is 6.52. The van der Waals surface area contributed by atoms with Gasteiger partial charge in [0.05, 0.1) is 16.9 Å². The first-order valence-corrected chi connectivity index (χ1v) is 17.5. The molecule has 4 N–H and O–H groups in total. The zero-order valence-electron chi connectivity index (χ0n) is 25.5. The molecule has 2 aliphatic rings. The first-order chi connectivity index (χ1) is 21.4. The van der Waals surface area contributed by atoms with Crippen LogP contribution in [0.4, 0.5) is 17.1 Å². The topological polar surface area (TPSA) is 197 Å². The molecule has 3 aromatic rings. The largest absolute Gasteiger partial charge is 0.506 e. The highest BCUT2D eigenvalue weighted by Crippen LogP contribution is 2.44. The van der Waals surface area contributed by atoms with Crippen molar-refractivity contribution < 1.29 is 31.7 Å². The Hall–Kier alpha value is -4.60. The van der Waals surface area contributed by atoms with E-state index in [0.717, 1.165) is 12.3 Å². The molecule has 0 amide bonds. The summed E-state index contributed by atoms with van der Waals surface area (Å²) in [7, 11) is -8.16. The van der Waals surface area contributed by atoms with E-state index in [1.165, 1.54) is 24.3 Å². The molecule has 1 heterocycles. The van der Waals surface area contributed by atoms with Crippen molar-refractivity contribution in [3.63, 3.8) is 0 Å². The number of sulfonamides is 2. The Morgan fingerprint density at radius 3 is 2.37 bits per heavy atom. The second-order valence-electron chi connectivity index (χ2n) is 12.5. The molecule has 0 spiro atoms. The summed E-state index contributed by atoms with van der Waals surface area (Å²) in [5, 5.41) is 28.9. The van der Waals surface area contributed by atoms with Crippen LogP contribution in [0.25, 0.3) is 5.76 Å². The molecule has 3 aromatic carbocycles. The molecule has 0 radical (unpaired) electrons. The fraction of sp³-hybridized carbons (Fsp3) is 0.290. The van der Waals surface area contributed by atoms with E-state index in [9.17, 15) is 36.9 Å². The number of nitrogens with one attached hydrogen (secondary N) is 3.